The zero-order valence-corrected chi connectivity index (χ0v) is 9.93. The fraction of sp³-hybridized carbons (Fsp3) is 0.818. The fourth-order valence-electron chi connectivity index (χ4n) is 2.66. The maximum atomic E-state index is 9.57. The lowest BCUT2D eigenvalue weighted by Gasteiger charge is -2.31. The van der Waals surface area contributed by atoms with E-state index in [9.17, 15) is 5.11 Å². The van der Waals surface area contributed by atoms with Crippen molar-refractivity contribution >= 4 is 0 Å². The van der Waals surface area contributed by atoms with E-state index in [1.165, 1.54) is 0 Å². The molecule has 1 aromatic rings. The zero-order chi connectivity index (χ0) is 11.6. The lowest BCUT2D eigenvalue weighted by molar-refractivity contribution is 0.151. The Bertz CT molecular complexity index is 325. The number of hydrogen-bond donors (Lipinski definition) is 2. The van der Waals surface area contributed by atoms with E-state index in [1.54, 1.807) is 12.7 Å². The van der Waals surface area contributed by atoms with Crippen LogP contribution in [0.2, 0.25) is 0 Å². The molecule has 0 saturated heterocycles. The highest BCUT2D eigenvalue weighted by atomic mass is 16.3. The Labute approximate surface area is 95.9 Å². The summed E-state index contributed by atoms with van der Waals surface area (Å²) >= 11 is 0. The number of aliphatic hydroxyl groups is 1. The van der Waals surface area contributed by atoms with Crippen LogP contribution < -0.4 is 5.32 Å². The molecule has 0 spiro atoms. The number of nitrogens with zero attached hydrogens (tertiary/aromatic N) is 3. The van der Waals surface area contributed by atoms with Gasteiger partial charge in [0.05, 0.1) is 12.6 Å². The maximum absolute atomic E-state index is 9.57. The summed E-state index contributed by atoms with van der Waals surface area (Å²) in [6.45, 7) is 4.41. The van der Waals surface area contributed by atoms with Crippen LogP contribution >= 0.6 is 0 Å². The Morgan fingerprint density at radius 3 is 3.00 bits per heavy atom. The van der Waals surface area contributed by atoms with Crippen molar-refractivity contribution in [1.82, 2.24) is 20.1 Å². The molecule has 0 radical (unpaired) electrons. The van der Waals surface area contributed by atoms with E-state index in [4.69, 9.17) is 0 Å². The molecule has 16 heavy (non-hydrogen) atoms. The van der Waals surface area contributed by atoms with Gasteiger partial charge in [-0.15, -0.1) is 0 Å². The van der Waals surface area contributed by atoms with Gasteiger partial charge in [-0.2, -0.15) is 5.10 Å². The lowest BCUT2D eigenvalue weighted by atomic mass is 9.97. The highest BCUT2D eigenvalue weighted by Crippen LogP contribution is 2.37. The van der Waals surface area contributed by atoms with Gasteiger partial charge in [0.2, 0.25) is 0 Å². The normalized spacial score (nSPS) is 30.1. The van der Waals surface area contributed by atoms with E-state index in [-0.39, 0.29) is 12.1 Å². The van der Waals surface area contributed by atoms with E-state index in [0.717, 1.165) is 19.3 Å². The van der Waals surface area contributed by atoms with Gasteiger partial charge in [-0.1, -0.05) is 13.8 Å². The van der Waals surface area contributed by atoms with Crippen LogP contribution in [0.4, 0.5) is 0 Å². The van der Waals surface area contributed by atoms with Crippen LogP contribution in [-0.2, 0) is 0 Å². The molecular weight excluding hydrogens is 204 g/mol. The smallest absolute Gasteiger partial charge is 0.137 e. The topological polar surface area (TPSA) is 63.0 Å². The monoisotopic (exact) mass is 224 g/mol. The summed E-state index contributed by atoms with van der Waals surface area (Å²) in [6.07, 6.45) is 6.28. The third kappa shape index (κ3) is 2.25. The molecule has 2 atom stereocenters. The molecule has 2 rings (SSSR count). The number of hydrogen-bond acceptors (Lipinski definition) is 4. The molecule has 90 valence electrons. The van der Waals surface area contributed by atoms with Crippen molar-refractivity contribution in [3.05, 3.63) is 12.7 Å². The van der Waals surface area contributed by atoms with Crippen LogP contribution in [0.5, 0.6) is 0 Å². The summed E-state index contributed by atoms with van der Waals surface area (Å²) < 4.78 is 1.90. The summed E-state index contributed by atoms with van der Waals surface area (Å²) in [5.41, 5.74) is -0.134. The van der Waals surface area contributed by atoms with Gasteiger partial charge in [-0.3, -0.25) is 0 Å². The lowest BCUT2D eigenvalue weighted by Crippen LogP contribution is -2.49. The largest absolute Gasteiger partial charge is 0.394 e. The molecule has 1 aromatic heterocycles. The van der Waals surface area contributed by atoms with E-state index >= 15 is 0 Å². The number of nitrogens with one attached hydrogen (secondary N) is 1. The molecule has 0 aromatic carbocycles. The van der Waals surface area contributed by atoms with Crippen molar-refractivity contribution in [3.63, 3.8) is 0 Å². The van der Waals surface area contributed by atoms with E-state index in [2.05, 4.69) is 29.2 Å². The molecule has 1 aliphatic carbocycles. The molecule has 0 bridgehead atoms. The highest BCUT2D eigenvalue weighted by molar-refractivity contribution is 4.98. The summed E-state index contributed by atoms with van der Waals surface area (Å²) in [5.74, 6) is 0. The van der Waals surface area contributed by atoms with Gasteiger partial charge in [0, 0.05) is 11.6 Å². The molecule has 5 heteroatoms. The Hall–Kier alpha value is -0.940. The molecule has 0 aliphatic heterocycles. The number of rotatable bonds is 4. The molecule has 1 heterocycles. The van der Waals surface area contributed by atoms with Crippen molar-refractivity contribution in [3.8, 4) is 0 Å². The first-order valence-electron chi connectivity index (χ1n) is 5.88. The second-order valence-corrected chi connectivity index (χ2v) is 5.01. The van der Waals surface area contributed by atoms with Gasteiger partial charge >= 0.3 is 0 Å². The summed E-state index contributed by atoms with van der Waals surface area (Å²) in [6, 6.07) is 0.752. The molecule has 5 nitrogen and oxygen atoms in total. The highest BCUT2D eigenvalue weighted by Gasteiger charge is 2.39. The average molecular weight is 224 g/mol. The second kappa shape index (κ2) is 4.51. The predicted octanol–water partition coefficient (Wildman–Crippen LogP) is 0.732. The molecule has 2 N–H and O–H groups in total. The first kappa shape index (κ1) is 11.5. The third-order valence-corrected chi connectivity index (χ3v) is 3.29. The van der Waals surface area contributed by atoms with Crippen molar-refractivity contribution in [1.29, 1.82) is 0 Å². The summed E-state index contributed by atoms with van der Waals surface area (Å²) in [4.78, 5) is 3.97. The standard InChI is InChI=1S/C11H20N4O/c1-9(2)14-11(6-16)4-3-10(5-11)15-8-12-7-13-15/h7-10,14,16H,3-6H2,1-2H3. The predicted molar refractivity (Wildman–Crippen MR) is 61.0 cm³/mol. The maximum Gasteiger partial charge on any atom is 0.137 e. The van der Waals surface area contributed by atoms with Crippen LogP contribution in [0.25, 0.3) is 0 Å². The van der Waals surface area contributed by atoms with E-state index in [1.807, 2.05) is 4.68 Å². The number of aromatic nitrogens is 3. The van der Waals surface area contributed by atoms with Crippen molar-refractivity contribution < 1.29 is 5.11 Å². The van der Waals surface area contributed by atoms with Crippen molar-refractivity contribution in [2.24, 2.45) is 0 Å². The molecule has 1 fully saturated rings. The molecule has 1 aliphatic rings. The minimum absolute atomic E-state index is 0.134. The van der Waals surface area contributed by atoms with Crippen LogP contribution in [0.15, 0.2) is 12.7 Å². The van der Waals surface area contributed by atoms with Gasteiger partial charge in [0.1, 0.15) is 12.7 Å². The van der Waals surface area contributed by atoms with Crippen LogP contribution in [0, 0.1) is 0 Å². The molecule has 0 amide bonds. The Kier molecular flexibility index (Phi) is 3.25. The molecule has 2 unspecified atom stereocenters. The van der Waals surface area contributed by atoms with Crippen molar-refractivity contribution in [2.45, 2.75) is 50.7 Å². The first-order valence-corrected chi connectivity index (χ1v) is 5.88. The summed E-state index contributed by atoms with van der Waals surface area (Å²) in [5, 5.41) is 17.2. The minimum atomic E-state index is -0.134. The zero-order valence-electron chi connectivity index (χ0n) is 9.93. The molecular formula is C11H20N4O. The fourth-order valence-corrected chi connectivity index (χ4v) is 2.66. The van der Waals surface area contributed by atoms with Gasteiger partial charge < -0.3 is 10.4 Å². The SMILES string of the molecule is CC(C)NC1(CO)CCC(n2cncn2)C1. The van der Waals surface area contributed by atoms with E-state index in [0.29, 0.717) is 12.1 Å². The third-order valence-electron chi connectivity index (χ3n) is 3.29. The van der Waals surface area contributed by atoms with Gasteiger partial charge in [-0.25, -0.2) is 9.67 Å². The average Bonchev–Trinajstić information content (AvgIpc) is 2.85. The minimum Gasteiger partial charge on any atom is -0.394 e. The molecule has 1 saturated carbocycles. The quantitative estimate of drug-likeness (QED) is 0.791. The van der Waals surface area contributed by atoms with Crippen LogP contribution in [-0.4, -0.2) is 38.1 Å². The van der Waals surface area contributed by atoms with Crippen molar-refractivity contribution in [2.75, 3.05) is 6.61 Å². The van der Waals surface area contributed by atoms with Crippen LogP contribution in [0.1, 0.15) is 39.2 Å². The van der Waals surface area contributed by atoms with Crippen LogP contribution in [0.3, 0.4) is 0 Å². The first-order chi connectivity index (χ1) is 7.65. The Morgan fingerprint density at radius 2 is 2.44 bits per heavy atom. The van der Waals surface area contributed by atoms with Gasteiger partial charge in [-0.05, 0) is 19.3 Å². The van der Waals surface area contributed by atoms with E-state index < -0.39 is 0 Å². The number of aliphatic hydroxyl groups excluding tert-OH is 1. The Morgan fingerprint density at radius 1 is 1.62 bits per heavy atom. The second-order valence-electron chi connectivity index (χ2n) is 5.01. The summed E-state index contributed by atoms with van der Waals surface area (Å²) in [7, 11) is 0. The van der Waals surface area contributed by atoms with Gasteiger partial charge in [0.15, 0.2) is 0 Å². The Balaban J connectivity index is 2.05. The van der Waals surface area contributed by atoms with Gasteiger partial charge in [0.25, 0.3) is 0 Å².